The number of rotatable bonds is 4. The number of aryl methyl sites for hydroxylation is 1. The van der Waals surface area contributed by atoms with Gasteiger partial charge in [0.1, 0.15) is 6.10 Å². The lowest BCUT2D eigenvalue weighted by Gasteiger charge is -2.16. The Hall–Kier alpha value is -1.62. The first-order chi connectivity index (χ1) is 9.80. The summed E-state index contributed by atoms with van der Waals surface area (Å²) in [5.74, 6) is -0.284. The lowest BCUT2D eigenvalue weighted by molar-refractivity contribution is -0.140. The summed E-state index contributed by atoms with van der Waals surface area (Å²) in [5.41, 5.74) is 0.996. The van der Waals surface area contributed by atoms with E-state index in [0.29, 0.717) is 6.42 Å². The van der Waals surface area contributed by atoms with Gasteiger partial charge in [0.05, 0.1) is 9.80 Å². The van der Waals surface area contributed by atoms with Crippen molar-refractivity contribution in [3.8, 4) is 0 Å². The van der Waals surface area contributed by atoms with Crippen LogP contribution >= 0.6 is 0 Å². The van der Waals surface area contributed by atoms with Gasteiger partial charge in [0.2, 0.25) is 9.84 Å². The lowest BCUT2D eigenvalue weighted by Crippen LogP contribution is -2.19. The van der Waals surface area contributed by atoms with Crippen molar-refractivity contribution in [1.29, 1.82) is 0 Å². The molecule has 0 bridgehead atoms. The Morgan fingerprint density at radius 1 is 1.29 bits per heavy atom. The molecule has 1 aromatic rings. The number of sulfone groups is 1. The third-order valence-electron chi connectivity index (χ3n) is 3.34. The summed E-state index contributed by atoms with van der Waals surface area (Å²) in [6.07, 6.45) is 1.70. The third-order valence-corrected chi connectivity index (χ3v) is 5.25. The van der Waals surface area contributed by atoms with Crippen molar-refractivity contribution in [2.45, 2.75) is 44.6 Å². The fraction of sp³-hybridized carbons (Fsp3) is 0.438. The van der Waals surface area contributed by atoms with Gasteiger partial charge >= 0.3 is 5.97 Å². The van der Waals surface area contributed by atoms with Crippen LogP contribution in [0.1, 0.15) is 32.3 Å². The van der Waals surface area contributed by atoms with Crippen LogP contribution in [0.2, 0.25) is 0 Å². The van der Waals surface area contributed by atoms with Crippen LogP contribution in [0.4, 0.5) is 0 Å². The second-order valence-electron chi connectivity index (χ2n) is 5.65. The van der Waals surface area contributed by atoms with Crippen molar-refractivity contribution < 1.29 is 17.9 Å². The van der Waals surface area contributed by atoms with Crippen molar-refractivity contribution in [3.63, 3.8) is 0 Å². The van der Waals surface area contributed by atoms with E-state index in [0.717, 1.165) is 5.56 Å². The minimum absolute atomic E-state index is 0.0551. The number of carbonyl (C=O) groups is 1. The summed E-state index contributed by atoms with van der Waals surface area (Å²) in [7, 11) is -3.64. The maximum atomic E-state index is 12.8. The Bertz CT molecular complexity index is 654. The van der Waals surface area contributed by atoms with E-state index < -0.39 is 15.9 Å². The molecule has 0 aliphatic carbocycles. The molecule has 21 heavy (non-hydrogen) atoms. The molecule has 1 fully saturated rings. The van der Waals surface area contributed by atoms with Crippen LogP contribution in [0.3, 0.4) is 0 Å². The molecule has 0 aromatic heterocycles. The van der Waals surface area contributed by atoms with Crippen molar-refractivity contribution in [1.82, 2.24) is 0 Å². The highest BCUT2D eigenvalue weighted by atomic mass is 32.2. The Labute approximate surface area is 125 Å². The molecule has 2 rings (SSSR count). The zero-order valence-electron chi connectivity index (χ0n) is 12.5. The molecule has 0 amide bonds. The first kappa shape index (κ1) is 15.8. The highest BCUT2D eigenvalue weighted by Crippen LogP contribution is 2.30. The lowest BCUT2D eigenvalue weighted by atomic mass is 10.1. The van der Waals surface area contributed by atoms with E-state index in [1.807, 2.05) is 20.8 Å². The minimum Gasteiger partial charge on any atom is -0.457 e. The number of ether oxygens (including phenoxy) is 1. The van der Waals surface area contributed by atoms with E-state index in [2.05, 4.69) is 0 Å². The molecule has 1 aromatic carbocycles. The Balaban J connectivity index is 2.45. The summed E-state index contributed by atoms with van der Waals surface area (Å²) in [6, 6.07) is 6.71. The smallest absolute Gasteiger partial charge is 0.306 e. The van der Waals surface area contributed by atoms with Gasteiger partial charge in [-0.15, -0.1) is 0 Å². The molecule has 0 saturated carbocycles. The van der Waals surface area contributed by atoms with E-state index >= 15 is 0 Å². The van der Waals surface area contributed by atoms with Gasteiger partial charge in [-0.3, -0.25) is 4.79 Å². The van der Waals surface area contributed by atoms with Crippen LogP contribution in [0, 0.1) is 12.8 Å². The Kier molecular flexibility index (Phi) is 4.52. The average Bonchev–Trinajstić information content (AvgIpc) is 2.82. The number of allylic oxidation sites excluding steroid dienone is 1. The number of hydrogen-bond donors (Lipinski definition) is 0. The van der Waals surface area contributed by atoms with Crippen LogP contribution in [0.5, 0.6) is 0 Å². The van der Waals surface area contributed by atoms with Gasteiger partial charge in [0.15, 0.2) is 0 Å². The highest BCUT2D eigenvalue weighted by Gasteiger charge is 2.34. The van der Waals surface area contributed by atoms with Gasteiger partial charge in [0, 0.05) is 6.42 Å². The molecule has 1 aliphatic heterocycles. The summed E-state index contributed by atoms with van der Waals surface area (Å²) in [6.45, 7) is 5.71. The van der Waals surface area contributed by atoms with Crippen molar-refractivity contribution in [2.24, 2.45) is 5.92 Å². The van der Waals surface area contributed by atoms with Crippen LogP contribution in [-0.2, 0) is 19.4 Å². The zero-order valence-corrected chi connectivity index (χ0v) is 13.3. The molecule has 1 heterocycles. The first-order valence-electron chi connectivity index (χ1n) is 7.03. The second-order valence-corrected chi connectivity index (χ2v) is 7.60. The molecule has 114 valence electrons. The van der Waals surface area contributed by atoms with Gasteiger partial charge in [0.25, 0.3) is 0 Å². The fourth-order valence-electron chi connectivity index (χ4n) is 2.28. The van der Waals surface area contributed by atoms with Crippen molar-refractivity contribution in [2.75, 3.05) is 0 Å². The van der Waals surface area contributed by atoms with Crippen molar-refractivity contribution in [3.05, 3.63) is 40.8 Å². The fourth-order valence-corrected chi connectivity index (χ4v) is 4.01. The monoisotopic (exact) mass is 308 g/mol. The Morgan fingerprint density at radius 2 is 1.90 bits per heavy atom. The minimum atomic E-state index is -3.64. The number of cyclic esters (lactones) is 1. The summed E-state index contributed by atoms with van der Waals surface area (Å²) in [5, 5.41) is 0. The number of esters is 1. The summed E-state index contributed by atoms with van der Waals surface area (Å²) >= 11 is 0. The molecule has 0 spiro atoms. The number of hydrogen-bond acceptors (Lipinski definition) is 4. The first-order valence-corrected chi connectivity index (χ1v) is 8.52. The van der Waals surface area contributed by atoms with Crippen LogP contribution < -0.4 is 0 Å². The summed E-state index contributed by atoms with van der Waals surface area (Å²) < 4.78 is 30.8. The SMILES string of the molecule is Cc1ccc(S(=O)(=O)/C(=C/C(C)C)C2CCC(=O)O2)cc1. The van der Waals surface area contributed by atoms with Crippen LogP contribution in [-0.4, -0.2) is 20.5 Å². The van der Waals surface area contributed by atoms with E-state index in [1.165, 1.54) is 0 Å². The molecule has 0 N–H and O–H groups in total. The van der Waals surface area contributed by atoms with E-state index in [1.54, 1.807) is 30.3 Å². The van der Waals surface area contributed by atoms with E-state index in [4.69, 9.17) is 4.74 Å². The molecule has 1 aliphatic rings. The second kappa shape index (κ2) is 6.02. The summed E-state index contributed by atoms with van der Waals surface area (Å²) in [4.78, 5) is 11.7. The standard InChI is InChI=1S/C16H20O4S/c1-11(2)10-15(14-8-9-16(17)20-14)21(18,19)13-6-4-12(3)5-7-13/h4-7,10-11,14H,8-9H2,1-3H3/b15-10+. The maximum absolute atomic E-state index is 12.8. The third kappa shape index (κ3) is 3.53. The van der Waals surface area contributed by atoms with Gasteiger partial charge in [-0.1, -0.05) is 37.6 Å². The molecule has 1 atom stereocenters. The zero-order chi connectivity index (χ0) is 15.6. The van der Waals surface area contributed by atoms with Gasteiger partial charge in [-0.25, -0.2) is 8.42 Å². The largest absolute Gasteiger partial charge is 0.457 e. The van der Waals surface area contributed by atoms with Gasteiger partial charge < -0.3 is 4.74 Å². The quantitative estimate of drug-likeness (QED) is 0.802. The van der Waals surface area contributed by atoms with E-state index in [9.17, 15) is 13.2 Å². The normalized spacial score (nSPS) is 19.9. The number of benzene rings is 1. The predicted octanol–water partition coefficient (Wildman–Crippen LogP) is 3.01. The van der Waals surface area contributed by atoms with E-state index in [-0.39, 0.29) is 28.1 Å². The van der Waals surface area contributed by atoms with Crippen molar-refractivity contribution >= 4 is 15.8 Å². The van der Waals surface area contributed by atoms with Gasteiger partial charge in [-0.05, 0) is 31.4 Å². The van der Waals surface area contributed by atoms with Gasteiger partial charge in [-0.2, -0.15) is 0 Å². The average molecular weight is 308 g/mol. The van der Waals surface area contributed by atoms with Crippen LogP contribution in [0.25, 0.3) is 0 Å². The maximum Gasteiger partial charge on any atom is 0.306 e. The molecule has 1 unspecified atom stereocenters. The predicted molar refractivity (Wildman–Crippen MR) is 80.4 cm³/mol. The molecule has 0 radical (unpaired) electrons. The number of carbonyl (C=O) groups excluding carboxylic acids is 1. The molecular formula is C16H20O4S. The molecule has 5 heteroatoms. The molecule has 1 saturated heterocycles. The molecular weight excluding hydrogens is 288 g/mol. The topological polar surface area (TPSA) is 60.4 Å². The molecule has 4 nitrogen and oxygen atoms in total. The van der Waals surface area contributed by atoms with Crippen LogP contribution in [0.15, 0.2) is 40.1 Å². The highest BCUT2D eigenvalue weighted by molar-refractivity contribution is 7.95. The Morgan fingerprint density at radius 3 is 2.38 bits per heavy atom.